The maximum atomic E-state index is 10.6. The topological polar surface area (TPSA) is 55.4 Å². The van der Waals surface area contributed by atoms with E-state index in [1.54, 1.807) is 0 Å². The highest BCUT2D eigenvalue weighted by Gasteiger charge is 2.19. The summed E-state index contributed by atoms with van der Waals surface area (Å²) in [4.78, 5) is 20.8. The average Bonchev–Trinajstić information content (AvgIpc) is 2.66. The molecule has 0 saturated carbocycles. The predicted octanol–water partition coefficient (Wildman–Crippen LogP) is 1.88. The van der Waals surface area contributed by atoms with E-state index in [1.165, 1.54) is 20.0 Å². The molecule has 0 spiro atoms. The summed E-state index contributed by atoms with van der Waals surface area (Å²) in [7, 11) is 1.40. The van der Waals surface area contributed by atoms with Crippen molar-refractivity contribution in [1.82, 2.24) is 5.32 Å². The minimum atomic E-state index is -0.123. The fourth-order valence-corrected chi connectivity index (χ4v) is 1.58. The predicted molar refractivity (Wildman–Crippen MR) is 62.9 cm³/mol. The van der Waals surface area contributed by atoms with Gasteiger partial charge in [-0.25, -0.2) is 0 Å². The van der Waals surface area contributed by atoms with Crippen molar-refractivity contribution in [1.29, 1.82) is 0 Å². The third kappa shape index (κ3) is 7.26. The van der Waals surface area contributed by atoms with Gasteiger partial charge in [0.2, 0.25) is 5.91 Å². The molecule has 0 aromatic heterocycles. The highest BCUT2D eigenvalue weighted by Crippen LogP contribution is 2.14. The Kier molecular flexibility index (Phi) is 8.58. The van der Waals surface area contributed by atoms with Crippen LogP contribution in [0.1, 0.15) is 46.0 Å². The van der Waals surface area contributed by atoms with Crippen LogP contribution in [0.5, 0.6) is 0 Å². The largest absolute Gasteiger partial charge is 0.469 e. The van der Waals surface area contributed by atoms with Crippen molar-refractivity contribution in [2.45, 2.75) is 46.0 Å². The third-order valence-corrected chi connectivity index (χ3v) is 2.44. The molecule has 1 fully saturated rings. The van der Waals surface area contributed by atoms with E-state index in [2.05, 4.69) is 17.0 Å². The highest BCUT2D eigenvalue weighted by molar-refractivity contribution is 5.78. The Labute approximate surface area is 97.7 Å². The summed E-state index contributed by atoms with van der Waals surface area (Å²) in [6, 6.07) is 0. The Bertz CT molecular complexity index is 216. The van der Waals surface area contributed by atoms with Crippen LogP contribution in [0, 0.1) is 5.92 Å². The maximum Gasteiger partial charge on any atom is 0.305 e. The Morgan fingerprint density at radius 1 is 1.44 bits per heavy atom. The number of amides is 1. The molecular weight excluding hydrogens is 206 g/mol. The summed E-state index contributed by atoms with van der Waals surface area (Å²) in [5, 5.41) is 2.82. The van der Waals surface area contributed by atoms with E-state index in [1.807, 2.05) is 6.92 Å². The molecule has 0 bridgehead atoms. The lowest BCUT2D eigenvalue weighted by Crippen LogP contribution is -2.13. The van der Waals surface area contributed by atoms with Gasteiger partial charge in [0.15, 0.2) is 0 Å². The Hall–Kier alpha value is -1.06. The summed E-state index contributed by atoms with van der Waals surface area (Å²) in [5.74, 6) is 0.735. The van der Waals surface area contributed by atoms with Gasteiger partial charge in [0.1, 0.15) is 0 Å². The van der Waals surface area contributed by atoms with Crippen molar-refractivity contribution >= 4 is 11.9 Å². The van der Waals surface area contributed by atoms with Crippen molar-refractivity contribution < 1.29 is 14.3 Å². The smallest absolute Gasteiger partial charge is 0.305 e. The molecule has 1 saturated heterocycles. The number of hydrogen-bond donors (Lipinski definition) is 1. The van der Waals surface area contributed by atoms with E-state index in [4.69, 9.17) is 0 Å². The van der Waals surface area contributed by atoms with Gasteiger partial charge in [-0.05, 0) is 18.8 Å². The lowest BCUT2D eigenvalue weighted by molar-refractivity contribution is -0.140. The first-order chi connectivity index (χ1) is 7.63. The van der Waals surface area contributed by atoms with Crippen molar-refractivity contribution in [3.8, 4) is 0 Å². The molecule has 0 unspecified atom stereocenters. The number of esters is 1. The van der Waals surface area contributed by atoms with Crippen LogP contribution >= 0.6 is 0 Å². The summed E-state index contributed by atoms with van der Waals surface area (Å²) >= 11 is 0. The number of carbonyl (C=O) groups is 2. The molecule has 1 aliphatic heterocycles. The highest BCUT2D eigenvalue weighted by atomic mass is 16.5. The molecule has 4 heteroatoms. The standard InChI is InChI=1S/C7H13NO.C5H10O2/c1-2-3-6-4-7(9)8-5-6;1-3-4-5(6)7-2/h6H,2-5H2,1H3,(H,8,9);3-4H2,1-2H3/t6-;/m1./s1. The minimum Gasteiger partial charge on any atom is -0.469 e. The molecule has 1 N–H and O–H groups in total. The number of hydrogen-bond acceptors (Lipinski definition) is 3. The molecular formula is C12H23NO3. The van der Waals surface area contributed by atoms with Crippen LogP contribution in [-0.2, 0) is 14.3 Å². The van der Waals surface area contributed by atoms with E-state index in [0.29, 0.717) is 12.3 Å². The molecule has 0 aromatic rings. The second-order valence-corrected chi connectivity index (χ2v) is 3.99. The molecule has 1 atom stereocenters. The molecule has 0 aliphatic carbocycles. The van der Waals surface area contributed by atoms with Crippen LogP contribution in [-0.4, -0.2) is 25.5 Å². The fraction of sp³-hybridized carbons (Fsp3) is 0.833. The zero-order valence-electron chi connectivity index (χ0n) is 10.5. The van der Waals surface area contributed by atoms with Gasteiger partial charge in [-0.3, -0.25) is 9.59 Å². The molecule has 1 amide bonds. The average molecular weight is 229 g/mol. The van der Waals surface area contributed by atoms with Crippen molar-refractivity contribution in [3.63, 3.8) is 0 Å². The molecule has 94 valence electrons. The van der Waals surface area contributed by atoms with Crippen LogP contribution < -0.4 is 5.32 Å². The fourth-order valence-electron chi connectivity index (χ4n) is 1.58. The van der Waals surface area contributed by atoms with Crippen molar-refractivity contribution in [3.05, 3.63) is 0 Å². The van der Waals surface area contributed by atoms with Crippen molar-refractivity contribution in [2.75, 3.05) is 13.7 Å². The van der Waals surface area contributed by atoms with Gasteiger partial charge < -0.3 is 10.1 Å². The second-order valence-electron chi connectivity index (χ2n) is 3.99. The number of rotatable bonds is 4. The molecule has 4 nitrogen and oxygen atoms in total. The molecule has 1 aliphatic rings. The molecule has 0 radical (unpaired) electrons. The van der Waals surface area contributed by atoms with E-state index in [9.17, 15) is 9.59 Å². The van der Waals surface area contributed by atoms with Gasteiger partial charge in [-0.15, -0.1) is 0 Å². The Morgan fingerprint density at radius 3 is 2.44 bits per heavy atom. The van der Waals surface area contributed by atoms with Crippen LogP contribution in [0.3, 0.4) is 0 Å². The van der Waals surface area contributed by atoms with Gasteiger partial charge in [0, 0.05) is 19.4 Å². The Balaban J connectivity index is 0.000000293. The first kappa shape index (κ1) is 14.9. The quantitative estimate of drug-likeness (QED) is 0.749. The molecule has 0 aromatic carbocycles. The SMILES string of the molecule is CCCC(=O)OC.CCC[C@H]1CNC(=O)C1. The zero-order chi connectivity index (χ0) is 12.4. The van der Waals surface area contributed by atoms with Gasteiger partial charge >= 0.3 is 5.97 Å². The third-order valence-electron chi connectivity index (χ3n) is 2.44. The summed E-state index contributed by atoms with van der Waals surface area (Å²) in [6.07, 6.45) is 4.55. The Morgan fingerprint density at radius 2 is 2.12 bits per heavy atom. The lowest BCUT2D eigenvalue weighted by Gasteiger charge is -2.01. The zero-order valence-corrected chi connectivity index (χ0v) is 10.5. The number of carbonyl (C=O) groups excluding carboxylic acids is 2. The number of ether oxygens (including phenoxy) is 1. The lowest BCUT2D eigenvalue weighted by atomic mass is 10.0. The van der Waals surface area contributed by atoms with Crippen LogP contribution in [0.2, 0.25) is 0 Å². The van der Waals surface area contributed by atoms with Crippen LogP contribution in [0.15, 0.2) is 0 Å². The molecule has 16 heavy (non-hydrogen) atoms. The van der Waals surface area contributed by atoms with Gasteiger partial charge in [-0.1, -0.05) is 20.3 Å². The molecule has 1 rings (SSSR count). The minimum absolute atomic E-state index is 0.123. The first-order valence-corrected chi connectivity index (χ1v) is 5.97. The van der Waals surface area contributed by atoms with E-state index < -0.39 is 0 Å². The first-order valence-electron chi connectivity index (χ1n) is 5.97. The second kappa shape index (κ2) is 9.19. The van der Waals surface area contributed by atoms with Gasteiger partial charge in [0.05, 0.1) is 7.11 Å². The monoisotopic (exact) mass is 229 g/mol. The van der Waals surface area contributed by atoms with Crippen LogP contribution in [0.25, 0.3) is 0 Å². The van der Waals surface area contributed by atoms with Crippen molar-refractivity contribution in [2.24, 2.45) is 5.92 Å². The summed E-state index contributed by atoms with van der Waals surface area (Å²) < 4.78 is 4.35. The number of nitrogens with one attached hydrogen (secondary N) is 1. The normalized spacial score (nSPS) is 18.4. The summed E-state index contributed by atoms with van der Waals surface area (Å²) in [5.41, 5.74) is 0. The summed E-state index contributed by atoms with van der Waals surface area (Å²) in [6.45, 7) is 5.01. The van der Waals surface area contributed by atoms with E-state index in [-0.39, 0.29) is 11.9 Å². The van der Waals surface area contributed by atoms with E-state index >= 15 is 0 Å². The maximum absolute atomic E-state index is 10.6. The van der Waals surface area contributed by atoms with Gasteiger partial charge in [-0.2, -0.15) is 0 Å². The number of methoxy groups -OCH3 is 1. The van der Waals surface area contributed by atoms with E-state index in [0.717, 1.165) is 19.4 Å². The van der Waals surface area contributed by atoms with Crippen LogP contribution in [0.4, 0.5) is 0 Å². The molecule has 1 heterocycles. The van der Waals surface area contributed by atoms with Gasteiger partial charge in [0.25, 0.3) is 0 Å².